The van der Waals surface area contributed by atoms with Crippen molar-refractivity contribution < 1.29 is 14.4 Å². The van der Waals surface area contributed by atoms with Crippen LogP contribution in [0.1, 0.15) is 16.8 Å². The number of hydrogen-bond donors (Lipinski definition) is 1. The molecule has 0 unspecified atom stereocenters. The Kier molecular flexibility index (Phi) is 3.40. The molecule has 29 heavy (non-hydrogen) atoms. The highest BCUT2D eigenvalue weighted by atomic mass is 16.2. The van der Waals surface area contributed by atoms with E-state index in [0.29, 0.717) is 28.8 Å². The van der Waals surface area contributed by atoms with Gasteiger partial charge in [0.05, 0.1) is 17.5 Å². The van der Waals surface area contributed by atoms with Crippen molar-refractivity contribution in [3.05, 3.63) is 72.3 Å². The standard InChI is InChI=1S/C24H20N2O3/c27-22(25-14-6-2-1-3-7-14)13-5-4-8-15(11-13)26-23(28)20-16-9-10-17(19-12-18(16)19)21(20)24(26)29/h1-11,16-21H,12H2,(H,25,27)/t16-,17+,18-,19-,20+,21-/m1/s1. The number of carbonyl (C=O) groups excluding carboxylic acids is 3. The maximum Gasteiger partial charge on any atom is 0.255 e. The quantitative estimate of drug-likeness (QED) is 0.651. The highest BCUT2D eigenvalue weighted by Gasteiger charge is 2.67. The number of nitrogens with zero attached hydrogens (tertiary/aromatic N) is 1. The summed E-state index contributed by atoms with van der Waals surface area (Å²) in [5.41, 5.74) is 1.61. The summed E-state index contributed by atoms with van der Waals surface area (Å²) in [5.74, 6) is 0.596. The monoisotopic (exact) mass is 384 g/mol. The van der Waals surface area contributed by atoms with E-state index >= 15 is 0 Å². The largest absolute Gasteiger partial charge is 0.322 e. The number of hydrogen-bond acceptors (Lipinski definition) is 3. The molecule has 1 saturated heterocycles. The van der Waals surface area contributed by atoms with Crippen LogP contribution in [0.2, 0.25) is 0 Å². The van der Waals surface area contributed by atoms with E-state index in [0.717, 1.165) is 6.42 Å². The first kappa shape index (κ1) is 16.7. The van der Waals surface area contributed by atoms with Gasteiger partial charge in [-0.2, -0.15) is 0 Å². The second kappa shape index (κ2) is 5.89. The van der Waals surface area contributed by atoms with Gasteiger partial charge in [-0.3, -0.25) is 14.4 Å². The molecule has 1 N–H and O–H groups in total. The number of anilines is 2. The highest BCUT2D eigenvalue weighted by molar-refractivity contribution is 6.23. The predicted molar refractivity (Wildman–Crippen MR) is 108 cm³/mol. The Hall–Kier alpha value is -3.21. The molecular formula is C24H20N2O3. The lowest BCUT2D eigenvalue weighted by Gasteiger charge is -2.37. The molecule has 5 heteroatoms. The molecule has 144 valence electrons. The predicted octanol–water partition coefficient (Wildman–Crippen LogP) is 3.50. The zero-order valence-electron chi connectivity index (χ0n) is 15.7. The fourth-order valence-corrected chi connectivity index (χ4v) is 5.72. The molecule has 2 saturated carbocycles. The first-order valence-corrected chi connectivity index (χ1v) is 10.2. The van der Waals surface area contributed by atoms with Crippen LogP contribution in [0.3, 0.4) is 0 Å². The molecule has 0 spiro atoms. The van der Waals surface area contributed by atoms with Crippen LogP contribution >= 0.6 is 0 Å². The molecule has 0 aromatic heterocycles. The zero-order valence-corrected chi connectivity index (χ0v) is 15.7. The molecule has 0 radical (unpaired) electrons. The first-order chi connectivity index (χ1) is 14.1. The van der Waals surface area contributed by atoms with Gasteiger partial charge in [0, 0.05) is 11.3 Å². The van der Waals surface area contributed by atoms with Gasteiger partial charge in [0.2, 0.25) is 11.8 Å². The number of nitrogens with one attached hydrogen (secondary N) is 1. The van der Waals surface area contributed by atoms with Crippen LogP contribution < -0.4 is 10.2 Å². The average molecular weight is 384 g/mol. The van der Waals surface area contributed by atoms with Gasteiger partial charge in [0.25, 0.3) is 5.91 Å². The molecule has 7 rings (SSSR count). The van der Waals surface area contributed by atoms with Gasteiger partial charge < -0.3 is 5.32 Å². The SMILES string of the molecule is O=C(Nc1ccccc1)c1cccc(N2C(=O)[C@@H]3[C@H]4C=C[C@H]([C@H]5C[C@H]45)[C@@H]3C2=O)c1. The third-order valence-electron chi connectivity index (χ3n) is 7.06. The molecule has 1 heterocycles. The lowest BCUT2D eigenvalue weighted by molar-refractivity contribution is -0.124. The van der Waals surface area contributed by atoms with Crippen LogP contribution in [-0.4, -0.2) is 17.7 Å². The smallest absolute Gasteiger partial charge is 0.255 e. The molecular weight excluding hydrogens is 364 g/mol. The Morgan fingerprint density at radius 1 is 0.862 bits per heavy atom. The summed E-state index contributed by atoms with van der Waals surface area (Å²) in [6.07, 6.45) is 5.47. The Morgan fingerprint density at radius 3 is 2.17 bits per heavy atom. The van der Waals surface area contributed by atoms with E-state index in [-0.39, 0.29) is 41.4 Å². The van der Waals surface area contributed by atoms with Gasteiger partial charge in [-0.05, 0) is 60.4 Å². The number of imide groups is 1. The summed E-state index contributed by atoms with van der Waals surface area (Å²) in [7, 11) is 0. The number of carbonyl (C=O) groups is 3. The molecule has 2 aromatic carbocycles. The molecule has 6 atom stereocenters. The van der Waals surface area contributed by atoms with Crippen molar-refractivity contribution in [2.75, 3.05) is 10.2 Å². The summed E-state index contributed by atoms with van der Waals surface area (Å²) >= 11 is 0. The summed E-state index contributed by atoms with van der Waals surface area (Å²) in [6, 6.07) is 16.0. The Bertz CT molecular complexity index is 1040. The van der Waals surface area contributed by atoms with Crippen molar-refractivity contribution >= 4 is 29.1 Å². The lowest BCUT2D eigenvalue weighted by atomic mass is 9.63. The summed E-state index contributed by atoms with van der Waals surface area (Å²) in [4.78, 5) is 40.5. The van der Waals surface area contributed by atoms with Gasteiger partial charge in [0.15, 0.2) is 0 Å². The summed E-state index contributed by atoms with van der Waals surface area (Å²) < 4.78 is 0. The number of para-hydroxylation sites is 1. The minimum atomic E-state index is -0.266. The summed E-state index contributed by atoms with van der Waals surface area (Å²) in [6.45, 7) is 0. The number of amides is 3. The van der Waals surface area contributed by atoms with Crippen molar-refractivity contribution in [2.45, 2.75) is 6.42 Å². The van der Waals surface area contributed by atoms with Crippen LogP contribution in [0, 0.1) is 35.5 Å². The Labute approximate surface area is 168 Å². The second-order valence-corrected chi connectivity index (χ2v) is 8.54. The van der Waals surface area contributed by atoms with Gasteiger partial charge in [0.1, 0.15) is 0 Å². The first-order valence-electron chi connectivity index (χ1n) is 10.2. The van der Waals surface area contributed by atoms with Gasteiger partial charge >= 0.3 is 0 Å². The summed E-state index contributed by atoms with van der Waals surface area (Å²) in [5, 5.41) is 2.85. The molecule has 3 amide bonds. The van der Waals surface area contributed by atoms with Crippen LogP contribution in [0.25, 0.3) is 0 Å². The number of allylic oxidation sites excluding steroid dienone is 2. The molecule has 4 aliphatic carbocycles. The van der Waals surface area contributed by atoms with Crippen molar-refractivity contribution in [1.82, 2.24) is 0 Å². The van der Waals surface area contributed by atoms with Gasteiger partial charge in [-0.1, -0.05) is 36.4 Å². The molecule has 5 nitrogen and oxygen atoms in total. The number of rotatable bonds is 3. The van der Waals surface area contributed by atoms with Crippen molar-refractivity contribution in [3.8, 4) is 0 Å². The fraction of sp³-hybridized carbons (Fsp3) is 0.292. The molecule has 2 bridgehead atoms. The normalized spacial score (nSPS) is 33.4. The molecule has 2 aromatic rings. The van der Waals surface area contributed by atoms with E-state index in [9.17, 15) is 14.4 Å². The van der Waals surface area contributed by atoms with E-state index in [1.165, 1.54) is 4.90 Å². The zero-order chi connectivity index (χ0) is 19.7. The van der Waals surface area contributed by atoms with Crippen molar-refractivity contribution in [1.29, 1.82) is 0 Å². The van der Waals surface area contributed by atoms with Gasteiger partial charge in [-0.25, -0.2) is 4.90 Å². The minimum Gasteiger partial charge on any atom is -0.322 e. The average Bonchev–Trinajstić information content (AvgIpc) is 3.52. The molecule has 5 aliphatic rings. The third-order valence-corrected chi connectivity index (χ3v) is 7.06. The maximum absolute atomic E-state index is 13.2. The Morgan fingerprint density at radius 2 is 1.52 bits per heavy atom. The van der Waals surface area contributed by atoms with E-state index in [4.69, 9.17) is 0 Å². The van der Waals surface area contributed by atoms with E-state index in [1.54, 1.807) is 24.3 Å². The molecule has 1 aliphatic heterocycles. The second-order valence-electron chi connectivity index (χ2n) is 8.54. The van der Waals surface area contributed by atoms with E-state index in [1.807, 2.05) is 30.3 Å². The molecule has 3 fully saturated rings. The maximum atomic E-state index is 13.2. The van der Waals surface area contributed by atoms with E-state index in [2.05, 4.69) is 17.5 Å². The fourth-order valence-electron chi connectivity index (χ4n) is 5.72. The van der Waals surface area contributed by atoms with E-state index < -0.39 is 0 Å². The van der Waals surface area contributed by atoms with Crippen molar-refractivity contribution in [3.63, 3.8) is 0 Å². The minimum absolute atomic E-state index is 0.106. The highest BCUT2D eigenvalue weighted by Crippen LogP contribution is 2.65. The van der Waals surface area contributed by atoms with Gasteiger partial charge in [-0.15, -0.1) is 0 Å². The van der Waals surface area contributed by atoms with Crippen LogP contribution in [0.4, 0.5) is 11.4 Å². The van der Waals surface area contributed by atoms with Crippen LogP contribution in [-0.2, 0) is 9.59 Å². The van der Waals surface area contributed by atoms with Crippen LogP contribution in [0.15, 0.2) is 66.7 Å². The van der Waals surface area contributed by atoms with Crippen LogP contribution in [0.5, 0.6) is 0 Å². The third kappa shape index (κ3) is 2.36. The lowest BCUT2D eigenvalue weighted by Crippen LogP contribution is -2.40. The number of benzene rings is 2. The Balaban J connectivity index is 1.30. The van der Waals surface area contributed by atoms with Crippen molar-refractivity contribution in [2.24, 2.45) is 35.5 Å². The topological polar surface area (TPSA) is 66.5 Å².